The van der Waals surface area contributed by atoms with E-state index in [1.165, 1.54) is 16.4 Å². The summed E-state index contributed by atoms with van der Waals surface area (Å²) in [6.07, 6.45) is 4.25. The largest absolute Gasteiger partial charge is 0.299 e. The van der Waals surface area contributed by atoms with Gasteiger partial charge in [0.1, 0.15) is 5.78 Å². The number of ketones is 1. The van der Waals surface area contributed by atoms with Gasteiger partial charge in [0.2, 0.25) is 0 Å². The molecule has 2 heteroatoms. The average Bonchev–Trinajstić information content (AvgIpc) is 2.57. The van der Waals surface area contributed by atoms with Crippen LogP contribution in [0.1, 0.15) is 39.5 Å². The number of Topliss-reactive ketones (excluding diaryl/α,β-unsaturated/α-hetero) is 1. The Morgan fingerprint density at radius 1 is 1.47 bits per heavy atom. The van der Waals surface area contributed by atoms with Gasteiger partial charge in [-0.15, -0.1) is 0 Å². The SMILES string of the molecule is C=C(I)C1CC[C@H]2[C@@H]1C(=O)CCC2(C)C. The van der Waals surface area contributed by atoms with Crippen LogP contribution in [0.3, 0.4) is 0 Å². The van der Waals surface area contributed by atoms with Crippen LogP contribution < -0.4 is 0 Å². The second-order valence-corrected chi connectivity index (χ2v) is 7.10. The molecule has 1 nitrogen and oxygen atoms in total. The molecule has 0 aromatic carbocycles. The number of carbonyl (C=O) groups excluding carboxylic acids is 1. The second-order valence-electron chi connectivity index (χ2n) is 5.72. The summed E-state index contributed by atoms with van der Waals surface area (Å²) in [5, 5.41) is 0. The molecule has 0 spiro atoms. The normalized spacial score (nSPS) is 38.9. The first-order valence-electron chi connectivity index (χ1n) is 5.80. The van der Waals surface area contributed by atoms with Crippen LogP contribution in [-0.2, 0) is 4.79 Å². The molecule has 3 atom stereocenters. The molecule has 0 bridgehead atoms. The summed E-state index contributed by atoms with van der Waals surface area (Å²) in [6, 6.07) is 0. The van der Waals surface area contributed by atoms with Gasteiger partial charge in [-0.2, -0.15) is 0 Å². The predicted molar refractivity (Wildman–Crippen MR) is 70.9 cm³/mol. The highest BCUT2D eigenvalue weighted by Crippen LogP contribution is 2.55. The van der Waals surface area contributed by atoms with Crippen molar-refractivity contribution in [3.8, 4) is 0 Å². The monoisotopic (exact) mass is 318 g/mol. The third-order valence-corrected chi connectivity index (χ3v) is 5.25. The standard InChI is InChI=1S/C13H19IO/c1-8(14)9-4-5-10-12(9)11(15)6-7-13(10,2)3/h9-10,12H,1,4-7H2,2-3H3/t9?,10-,12+/m0/s1. The predicted octanol–water partition coefficient (Wildman–Crippen LogP) is 3.97. The summed E-state index contributed by atoms with van der Waals surface area (Å²) in [6.45, 7) is 8.70. The van der Waals surface area contributed by atoms with Gasteiger partial charge in [0.25, 0.3) is 0 Å². The Morgan fingerprint density at radius 3 is 2.73 bits per heavy atom. The Kier molecular flexibility index (Phi) is 2.99. The molecule has 2 fully saturated rings. The summed E-state index contributed by atoms with van der Waals surface area (Å²) >= 11 is 2.31. The lowest BCUT2D eigenvalue weighted by atomic mass is 9.63. The van der Waals surface area contributed by atoms with Crippen molar-refractivity contribution in [1.29, 1.82) is 0 Å². The zero-order valence-electron chi connectivity index (χ0n) is 9.55. The Labute approximate surface area is 106 Å². The minimum absolute atomic E-state index is 0.290. The number of allylic oxidation sites excluding steroid dienone is 1. The van der Waals surface area contributed by atoms with Crippen LogP contribution in [0.25, 0.3) is 0 Å². The van der Waals surface area contributed by atoms with Gasteiger partial charge in [-0.1, -0.05) is 20.4 Å². The minimum Gasteiger partial charge on any atom is -0.299 e. The van der Waals surface area contributed by atoms with Crippen molar-refractivity contribution >= 4 is 28.4 Å². The van der Waals surface area contributed by atoms with Gasteiger partial charge in [-0.25, -0.2) is 0 Å². The van der Waals surface area contributed by atoms with Crippen molar-refractivity contribution in [1.82, 2.24) is 0 Å². The molecule has 0 amide bonds. The first-order chi connectivity index (χ1) is 6.93. The fourth-order valence-electron chi connectivity index (χ4n) is 3.47. The second kappa shape index (κ2) is 3.86. The Hall–Kier alpha value is 0.140. The molecule has 0 N–H and O–H groups in total. The maximum absolute atomic E-state index is 12.0. The molecular formula is C13H19IO. The van der Waals surface area contributed by atoms with Gasteiger partial charge >= 0.3 is 0 Å². The van der Waals surface area contributed by atoms with Crippen molar-refractivity contribution in [2.75, 3.05) is 0 Å². The molecule has 2 saturated carbocycles. The molecule has 2 aliphatic carbocycles. The summed E-state index contributed by atoms with van der Waals surface area (Å²) < 4.78 is 1.19. The highest BCUT2D eigenvalue weighted by molar-refractivity contribution is 14.1. The van der Waals surface area contributed by atoms with Gasteiger partial charge in [0, 0.05) is 12.3 Å². The van der Waals surface area contributed by atoms with Crippen LogP contribution in [-0.4, -0.2) is 5.78 Å². The fourth-order valence-corrected chi connectivity index (χ4v) is 4.17. The lowest BCUT2D eigenvalue weighted by molar-refractivity contribution is -0.130. The van der Waals surface area contributed by atoms with Crippen LogP contribution in [0.4, 0.5) is 0 Å². The Balaban J connectivity index is 2.28. The minimum atomic E-state index is 0.290. The number of halogens is 1. The van der Waals surface area contributed by atoms with E-state index in [-0.39, 0.29) is 5.92 Å². The molecule has 1 unspecified atom stereocenters. The molecule has 15 heavy (non-hydrogen) atoms. The van der Waals surface area contributed by atoms with E-state index in [4.69, 9.17) is 0 Å². The van der Waals surface area contributed by atoms with Crippen molar-refractivity contribution in [3.63, 3.8) is 0 Å². The average molecular weight is 318 g/mol. The van der Waals surface area contributed by atoms with Crippen LogP contribution in [0.2, 0.25) is 0 Å². The van der Waals surface area contributed by atoms with Crippen LogP contribution in [0, 0.1) is 23.2 Å². The molecule has 2 rings (SSSR count). The number of rotatable bonds is 1. The summed E-state index contributed by atoms with van der Waals surface area (Å²) in [5.74, 6) is 1.86. The van der Waals surface area contributed by atoms with E-state index in [0.29, 0.717) is 23.0 Å². The van der Waals surface area contributed by atoms with Crippen LogP contribution in [0.15, 0.2) is 10.2 Å². The summed E-state index contributed by atoms with van der Waals surface area (Å²) in [4.78, 5) is 12.0. The van der Waals surface area contributed by atoms with Gasteiger partial charge < -0.3 is 0 Å². The Bertz CT molecular complexity index is 306. The highest BCUT2D eigenvalue weighted by atomic mass is 127. The van der Waals surface area contributed by atoms with E-state index in [9.17, 15) is 4.79 Å². The quantitative estimate of drug-likeness (QED) is 0.669. The third kappa shape index (κ3) is 1.90. The van der Waals surface area contributed by atoms with E-state index in [0.717, 1.165) is 12.8 Å². The molecule has 0 aromatic rings. The molecule has 0 heterocycles. The van der Waals surface area contributed by atoms with Gasteiger partial charge in [0.15, 0.2) is 0 Å². The molecule has 0 radical (unpaired) electrons. The zero-order chi connectivity index (χ0) is 11.2. The first kappa shape index (κ1) is 11.6. The fraction of sp³-hybridized carbons (Fsp3) is 0.769. The van der Waals surface area contributed by atoms with E-state index in [1.807, 2.05) is 0 Å². The topological polar surface area (TPSA) is 17.1 Å². The van der Waals surface area contributed by atoms with E-state index < -0.39 is 0 Å². The van der Waals surface area contributed by atoms with Crippen molar-refractivity contribution < 1.29 is 4.79 Å². The zero-order valence-corrected chi connectivity index (χ0v) is 11.7. The molecule has 84 valence electrons. The third-order valence-electron chi connectivity index (χ3n) is 4.45. The smallest absolute Gasteiger partial charge is 0.136 e. The van der Waals surface area contributed by atoms with Crippen LogP contribution >= 0.6 is 22.6 Å². The van der Waals surface area contributed by atoms with Crippen molar-refractivity contribution in [2.24, 2.45) is 23.2 Å². The summed E-state index contributed by atoms with van der Waals surface area (Å²) in [7, 11) is 0. The van der Waals surface area contributed by atoms with E-state index in [2.05, 4.69) is 43.0 Å². The molecular weight excluding hydrogens is 299 g/mol. The van der Waals surface area contributed by atoms with Gasteiger partial charge in [-0.05, 0) is 62.7 Å². The summed E-state index contributed by atoms with van der Waals surface area (Å²) in [5.41, 5.74) is 0.361. The van der Waals surface area contributed by atoms with Crippen LogP contribution in [0.5, 0.6) is 0 Å². The van der Waals surface area contributed by atoms with Gasteiger partial charge in [-0.3, -0.25) is 4.79 Å². The van der Waals surface area contributed by atoms with Crippen molar-refractivity contribution in [2.45, 2.75) is 39.5 Å². The Morgan fingerprint density at radius 2 is 2.13 bits per heavy atom. The molecule has 0 saturated heterocycles. The maximum atomic E-state index is 12.0. The molecule has 0 aromatic heterocycles. The van der Waals surface area contributed by atoms with Gasteiger partial charge in [0.05, 0.1) is 0 Å². The first-order valence-corrected chi connectivity index (χ1v) is 6.88. The van der Waals surface area contributed by atoms with E-state index in [1.54, 1.807) is 0 Å². The number of hydrogen-bond donors (Lipinski definition) is 0. The number of hydrogen-bond acceptors (Lipinski definition) is 1. The lowest BCUT2D eigenvalue weighted by Crippen LogP contribution is -2.39. The van der Waals surface area contributed by atoms with Crippen molar-refractivity contribution in [3.05, 3.63) is 10.2 Å². The maximum Gasteiger partial charge on any atom is 0.136 e. The highest BCUT2D eigenvalue weighted by Gasteiger charge is 2.50. The van der Waals surface area contributed by atoms with E-state index >= 15 is 0 Å². The number of carbonyl (C=O) groups is 1. The molecule has 2 aliphatic rings. The molecule has 0 aliphatic heterocycles. The number of fused-ring (bicyclic) bond motifs is 1. The lowest BCUT2D eigenvalue weighted by Gasteiger charge is -2.41.